The van der Waals surface area contributed by atoms with Crippen LogP contribution >= 0.6 is 0 Å². The molecule has 0 bridgehead atoms. The van der Waals surface area contributed by atoms with Crippen LogP contribution in [0.4, 0.5) is 5.69 Å². The van der Waals surface area contributed by atoms with Gasteiger partial charge in [-0.2, -0.15) is 0 Å². The van der Waals surface area contributed by atoms with Crippen LogP contribution < -0.4 is 4.72 Å². The lowest BCUT2D eigenvalue weighted by Crippen LogP contribution is -2.46. The highest BCUT2D eigenvalue weighted by Crippen LogP contribution is 2.15. The van der Waals surface area contributed by atoms with Crippen molar-refractivity contribution in [3.8, 4) is 0 Å². The van der Waals surface area contributed by atoms with Crippen LogP contribution in [-0.2, 0) is 10.0 Å². The highest BCUT2D eigenvalue weighted by molar-refractivity contribution is 7.89. The van der Waals surface area contributed by atoms with Crippen molar-refractivity contribution in [1.82, 2.24) is 14.5 Å². The van der Waals surface area contributed by atoms with Gasteiger partial charge in [-0.25, -0.2) is 13.1 Å². The number of hydrogen-bond donors (Lipinski definition) is 1. The van der Waals surface area contributed by atoms with Crippen LogP contribution in [0.15, 0.2) is 29.2 Å². The fourth-order valence-electron chi connectivity index (χ4n) is 2.24. The van der Waals surface area contributed by atoms with Gasteiger partial charge < -0.3 is 4.90 Å². The van der Waals surface area contributed by atoms with Crippen LogP contribution in [0.25, 0.3) is 0 Å². The first-order valence-electron chi connectivity index (χ1n) is 7.03. The monoisotopic (exact) mass is 328 g/mol. The van der Waals surface area contributed by atoms with Crippen molar-refractivity contribution in [3.63, 3.8) is 0 Å². The van der Waals surface area contributed by atoms with Crippen LogP contribution in [0.5, 0.6) is 0 Å². The zero-order valence-corrected chi connectivity index (χ0v) is 13.3. The van der Waals surface area contributed by atoms with E-state index < -0.39 is 14.9 Å². The number of nitrogens with zero attached hydrogens (tertiary/aromatic N) is 3. The molecule has 1 fully saturated rings. The van der Waals surface area contributed by atoms with Crippen molar-refractivity contribution in [2.45, 2.75) is 4.90 Å². The minimum absolute atomic E-state index is 0.0384. The van der Waals surface area contributed by atoms with Crippen molar-refractivity contribution in [2.75, 3.05) is 46.3 Å². The van der Waals surface area contributed by atoms with Crippen molar-refractivity contribution >= 4 is 15.7 Å². The number of nitrogens with one attached hydrogen (secondary N) is 1. The second-order valence-corrected chi connectivity index (χ2v) is 7.06. The standard InChI is InChI=1S/C13H20N4O4S/c1-15-8-10-16(11-9-15)7-6-14-22(20,21)13-4-2-12(3-5-13)17(18)19/h2-5,14H,6-11H2,1H3. The van der Waals surface area contributed by atoms with Crippen molar-refractivity contribution in [1.29, 1.82) is 0 Å². The van der Waals surface area contributed by atoms with E-state index in [9.17, 15) is 18.5 Å². The number of non-ortho nitro benzene ring substituents is 1. The number of nitro benzene ring substituents is 1. The van der Waals surface area contributed by atoms with E-state index in [0.717, 1.165) is 26.2 Å². The van der Waals surface area contributed by atoms with E-state index in [1.807, 2.05) is 0 Å². The van der Waals surface area contributed by atoms with E-state index >= 15 is 0 Å². The molecule has 0 amide bonds. The summed E-state index contributed by atoms with van der Waals surface area (Å²) in [6.07, 6.45) is 0. The van der Waals surface area contributed by atoms with Gasteiger partial charge in [0.1, 0.15) is 0 Å². The maximum atomic E-state index is 12.1. The number of rotatable bonds is 6. The molecular weight excluding hydrogens is 308 g/mol. The minimum Gasteiger partial charge on any atom is -0.304 e. The average molecular weight is 328 g/mol. The van der Waals surface area contributed by atoms with E-state index in [-0.39, 0.29) is 10.6 Å². The number of likely N-dealkylation sites (N-methyl/N-ethyl adjacent to an activating group) is 1. The first kappa shape index (κ1) is 16.8. The summed E-state index contributed by atoms with van der Waals surface area (Å²) in [6, 6.07) is 4.87. The molecule has 0 aromatic heterocycles. The predicted molar refractivity (Wildman–Crippen MR) is 82.2 cm³/mol. The molecule has 0 atom stereocenters. The Morgan fingerprint density at radius 2 is 1.77 bits per heavy atom. The molecule has 1 aromatic carbocycles. The predicted octanol–water partition coefficient (Wildman–Crippen LogP) is 0.121. The summed E-state index contributed by atoms with van der Waals surface area (Å²) >= 11 is 0. The second-order valence-electron chi connectivity index (χ2n) is 5.29. The lowest BCUT2D eigenvalue weighted by atomic mass is 10.3. The molecule has 122 valence electrons. The molecule has 9 heteroatoms. The summed E-state index contributed by atoms with van der Waals surface area (Å²) in [6.45, 7) is 4.79. The van der Waals surface area contributed by atoms with E-state index in [2.05, 4.69) is 21.6 Å². The molecule has 8 nitrogen and oxygen atoms in total. The Balaban J connectivity index is 1.87. The van der Waals surface area contributed by atoms with Gasteiger partial charge in [0.15, 0.2) is 0 Å². The molecule has 1 aromatic rings. The third-order valence-electron chi connectivity index (χ3n) is 3.67. The Morgan fingerprint density at radius 1 is 1.18 bits per heavy atom. The summed E-state index contributed by atoms with van der Waals surface area (Å²) in [5.41, 5.74) is -0.128. The normalized spacial score (nSPS) is 17.5. The van der Waals surface area contributed by atoms with Crippen molar-refractivity contribution < 1.29 is 13.3 Å². The topological polar surface area (TPSA) is 95.8 Å². The number of benzene rings is 1. The van der Waals surface area contributed by atoms with Gasteiger partial charge in [-0.3, -0.25) is 15.0 Å². The van der Waals surface area contributed by atoms with Gasteiger partial charge in [-0.15, -0.1) is 0 Å². The Labute approximate surface area is 129 Å². The molecule has 0 spiro atoms. The van der Waals surface area contributed by atoms with E-state index in [1.54, 1.807) is 0 Å². The molecule has 0 aliphatic carbocycles. The largest absolute Gasteiger partial charge is 0.304 e. The fourth-order valence-corrected chi connectivity index (χ4v) is 3.26. The van der Waals surface area contributed by atoms with Gasteiger partial charge in [0.25, 0.3) is 5.69 Å². The lowest BCUT2D eigenvalue weighted by Gasteiger charge is -2.32. The lowest BCUT2D eigenvalue weighted by molar-refractivity contribution is -0.384. The number of piperazine rings is 1. The average Bonchev–Trinajstić information content (AvgIpc) is 2.49. The molecule has 0 saturated carbocycles. The molecular formula is C13H20N4O4S. The third kappa shape index (κ3) is 4.47. The highest BCUT2D eigenvalue weighted by Gasteiger charge is 2.17. The summed E-state index contributed by atoms with van der Waals surface area (Å²) < 4.78 is 26.7. The Kier molecular flexibility index (Phi) is 5.46. The summed E-state index contributed by atoms with van der Waals surface area (Å²) in [4.78, 5) is 14.5. The maximum absolute atomic E-state index is 12.1. The minimum atomic E-state index is -3.62. The molecule has 1 N–H and O–H groups in total. The molecule has 1 saturated heterocycles. The maximum Gasteiger partial charge on any atom is 0.269 e. The van der Waals surface area contributed by atoms with Crippen LogP contribution in [-0.4, -0.2) is 69.5 Å². The number of hydrogen-bond acceptors (Lipinski definition) is 6. The SMILES string of the molecule is CN1CCN(CCNS(=O)(=O)c2ccc([N+](=O)[O-])cc2)CC1. The van der Waals surface area contributed by atoms with Gasteiger partial charge in [0.05, 0.1) is 9.82 Å². The molecule has 22 heavy (non-hydrogen) atoms. The van der Waals surface area contributed by atoms with Gasteiger partial charge in [0, 0.05) is 51.4 Å². The van der Waals surface area contributed by atoms with Crippen molar-refractivity contribution in [3.05, 3.63) is 34.4 Å². The summed E-state index contributed by atoms with van der Waals surface area (Å²) in [5, 5.41) is 10.6. The van der Waals surface area contributed by atoms with Crippen LogP contribution in [0.2, 0.25) is 0 Å². The van der Waals surface area contributed by atoms with Gasteiger partial charge in [-0.05, 0) is 19.2 Å². The fraction of sp³-hybridized carbons (Fsp3) is 0.538. The Hall–Kier alpha value is -1.55. The smallest absolute Gasteiger partial charge is 0.269 e. The first-order chi connectivity index (χ1) is 10.4. The molecule has 0 unspecified atom stereocenters. The number of sulfonamides is 1. The van der Waals surface area contributed by atoms with Gasteiger partial charge in [0.2, 0.25) is 10.0 Å². The Morgan fingerprint density at radius 3 is 2.32 bits per heavy atom. The highest BCUT2D eigenvalue weighted by atomic mass is 32.2. The molecule has 1 heterocycles. The first-order valence-corrected chi connectivity index (χ1v) is 8.52. The molecule has 1 aliphatic heterocycles. The van der Waals surface area contributed by atoms with Crippen LogP contribution in [0.1, 0.15) is 0 Å². The molecule has 1 aliphatic rings. The van der Waals surface area contributed by atoms with Gasteiger partial charge >= 0.3 is 0 Å². The van der Waals surface area contributed by atoms with E-state index in [1.165, 1.54) is 24.3 Å². The van der Waals surface area contributed by atoms with Gasteiger partial charge in [-0.1, -0.05) is 0 Å². The van der Waals surface area contributed by atoms with Crippen LogP contribution in [0.3, 0.4) is 0 Å². The molecule has 2 rings (SSSR count). The zero-order chi connectivity index (χ0) is 16.2. The van der Waals surface area contributed by atoms with E-state index in [4.69, 9.17) is 0 Å². The summed E-state index contributed by atoms with van der Waals surface area (Å²) in [5.74, 6) is 0. The number of nitro groups is 1. The van der Waals surface area contributed by atoms with Crippen LogP contribution in [0, 0.1) is 10.1 Å². The quantitative estimate of drug-likeness (QED) is 0.589. The molecule has 0 radical (unpaired) electrons. The third-order valence-corrected chi connectivity index (χ3v) is 5.15. The van der Waals surface area contributed by atoms with E-state index in [0.29, 0.717) is 13.1 Å². The zero-order valence-electron chi connectivity index (χ0n) is 12.4. The Bertz CT molecular complexity index is 609. The second kappa shape index (κ2) is 7.14. The summed E-state index contributed by atoms with van der Waals surface area (Å²) in [7, 11) is -1.56. The van der Waals surface area contributed by atoms with Crippen molar-refractivity contribution in [2.24, 2.45) is 0 Å².